The Kier molecular flexibility index (Phi) is 5.53. The molecule has 0 amide bonds. The van der Waals surface area contributed by atoms with Crippen molar-refractivity contribution in [2.75, 3.05) is 23.8 Å². The summed E-state index contributed by atoms with van der Waals surface area (Å²) in [5, 5.41) is 23.5. The molecule has 2 aromatic heterocycles. The molecule has 0 radical (unpaired) electrons. The number of fused-ring (bicyclic) bond motifs is 2. The summed E-state index contributed by atoms with van der Waals surface area (Å²) in [4.78, 5) is 12.0. The van der Waals surface area contributed by atoms with Crippen LogP contribution in [0, 0.1) is 6.92 Å². The monoisotopic (exact) mass is 442 g/mol. The van der Waals surface area contributed by atoms with E-state index < -0.39 is 7.12 Å². The first-order valence-corrected chi connectivity index (χ1v) is 11.1. The van der Waals surface area contributed by atoms with E-state index in [1.165, 1.54) is 0 Å². The Balaban J connectivity index is 1.57. The number of aromatic nitrogens is 3. The van der Waals surface area contributed by atoms with Crippen molar-refractivity contribution in [2.45, 2.75) is 26.4 Å². The van der Waals surface area contributed by atoms with Crippen LogP contribution < -0.4 is 21.4 Å². The lowest BCUT2D eigenvalue weighted by molar-refractivity contribution is 0.425. The highest BCUT2D eigenvalue weighted by Gasteiger charge is 2.25. The maximum Gasteiger partial charge on any atom is 0.488 e. The first-order valence-electron chi connectivity index (χ1n) is 11.1. The highest BCUT2D eigenvalue weighted by Crippen LogP contribution is 2.33. The van der Waals surface area contributed by atoms with E-state index in [2.05, 4.69) is 33.8 Å². The summed E-state index contributed by atoms with van der Waals surface area (Å²) in [5.74, 6) is 2.34. The third-order valence-electron chi connectivity index (χ3n) is 6.28. The summed E-state index contributed by atoms with van der Waals surface area (Å²) in [6.07, 6.45) is 0.868. The van der Waals surface area contributed by atoms with Crippen molar-refractivity contribution in [3.8, 4) is 5.95 Å². The molecule has 4 aromatic rings. The number of anilines is 2. The number of rotatable bonds is 6. The van der Waals surface area contributed by atoms with Crippen LogP contribution in [0.3, 0.4) is 0 Å². The van der Waals surface area contributed by atoms with Crippen LogP contribution in [0.5, 0.6) is 0 Å². The van der Waals surface area contributed by atoms with Gasteiger partial charge in [0.05, 0.1) is 5.52 Å². The minimum Gasteiger partial charge on any atom is -0.423 e. The molecule has 33 heavy (non-hydrogen) atoms. The smallest absolute Gasteiger partial charge is 0.423 e. The molecular weight excluding hydrogens is 415 g/mol. The summed E-state index contributed by atoms with van der Waals surface area (Å²) < 4.78 is 2.08. The van der Waals surface area contributed by atoms with Crippen molar-refractivity contribution in [1.82, 2.24) is 14.5 Å². The van der Waals surface area contributed by atoms with Gasteiger partial charge >= 0.3 is 7.12 Å². The molecule has 0 bridgehead atoms. The number of hydrogen-bond acceptors (Lipinski definition) is 7. The van der Waals surface area contributed by atoms with Crippen molar-refractivity contribution >= 4 is 35.1 Å². The molecule has 1 aliphatic heterocycles. The second-order valence-electron chi connectivity index (χ2n) is 8.49. The number of nitrogens with two attached hydrogens (primary N) is 1. The molecule has 5 N–H and O–H groups in total. The zero-order chi connectivity index (χ0) is 23.1. The van der Waals surface area contributed by atoms with Gasteiger partial charge < -0.3 is 26.0 Å². The molecule has 0 unspecified atom stereocenters. The third-order valence-corrected chi connectivity index (χ3v) is 6.28. The van der Waals surface area contributed by atoms with E-state index in [1.54, 1.807) is 12.1 Å². The third kappa shape index (κ3) is 3.84. The fourth-order valence-corrected chi connectivity index (χ4v) is 4.56. The van der Waals surface area contributed by atoms with Gasteiger partial charge in [-0.15, -0.1) is 0 Å². The Morgan fingerprint density at radius 2 is 1.94 bits per heavy atom. The van der Waals surface area contributed by atoms with E-state index in [0.717, 1.165) is 57.9 Å². The molecule has 0 fully saturated rings. The SMILES string of the molecule is Cc1cc2c(CN)cccc2n1-c1nc(NCc2cccc(B(O)O)c2)c2c(n1)N(C)CC2. The Labute approximate surface area is 192 Å². The van der Waals surface area contributed by atoms with Gasteiger partial charge in [0.15, 0.2) is 0 Å². The van der Waals surface area contributed by atoms with Gasteiger partial charge in [0.25, 0.3) is 0 Å². The summed E-state index contributed by atoms with van der Waals surface area (Å²) in [6, 6.07) is 15.5. The molecule has 5 rings (SSSR count). The average molecular weight is 442 g/mol. The van der Waals surface area contributed by atoms with Gasteiger partial charge in [-0.2, -0.15) is 9.97 Å². The van der Waals surface area contributed by atoms with Crippen LogP contribution in [0.2, 0.25) is 0 Å². The number of nitrogens with zero attached hydrogens (tertiary/aromatic N) is 4. The van der Waals surface area contributed by atoms with E-state index in [0.29, 0.717) is 24.5 Å². The maximum absolute atomic E-state index is 9.48. The van der Waals surface area contributed by atoms with Crippen molar-refractivity contribution < 1.29 is 10.0 Å². The predicted octanol–water partition coefficient (Wildman–Crippen LogP) is 1.47. The Morgan fingerprint density at radius 1 is 1.12 bits per heavy atom. The predicted molar refractivity (Wildman–Crippen MR) is 132 cm³/mol. The van der Waals surface area contributed by atoms with Gasteiger partial charge in [0.2, 0.25) is 5.95 Å². The minimum atomic E-state index is -1.49. The van der Waals surface area contributed by atoms with Crippen LogP contribution in [0.1, 0.15) is 22.4 Å². The average Bonchev–Trinajstić information content (AvgIpc) is 3.36. The van der Waals surface area contributed by atoms with Gasteiger partial charge in [0, 0.05) is 43.3 Å². The van der Waals surface area contributed by atoms with Crippen molar-refractivity contribution in [3.05, 3.63) is 70.9 Å². The molecule has 8 nitrogen and oxygen atoms in total. The largest absolute Gasteiger partial charge is 0.488 e. The zero-order valence-corrected chi connectivity index (χ0v) is 18.8. The Morgan fingerprint density at radius 3 is 2.73 bits per heavy atom. The summed E-state index contributed by atoms with van der Waals surface area (Å²) >= 11 is 0. The summed E-state index contributed by atoms with van der Waals surface area (Å²) in [7, 11) is 0.558. The highest BCUT2D eigenvalue weighted by molar-refractivity contribution is 6.58. The Hall–Kier alpha value is -3.40. The normalized spacial score (nSPS) is 12.9. The summed E-state index contributed by atoms with van der Waals surface area (Å²) in [5.41, 5.74) is 11.6. The van der Waals surface area contributed by atoms with Crippen molar-refractivity contribution in [1.29, 1.82) is 0 Å². The number of likely N-dealkylation sites (N-methyl/N-ethyl adjacent to an activating group) is 1. The lowest BCUT2D eigenvalue weighted by Gasteiger charge is -2.17. The molecule has 0 saturated heterocycles. The van der Waals surface area contributed by atoms with Crippen LogP contribution in [0.4, 0.5) is 11.6 Å². The van der Waals surface area contributed by atoms with Crippen molar-refractivity contribution in [3.63, 3.8) is 0 Å². The summed E-state index contributed by atoms with van der Waals surface area (Å²) in [6.45, 7) is 3.93. The van der Waals surface area contributed by atoms with Gasteiger partial charge in [-0.1, -0.05) is 36.4 Å². The van der Waals surface area contributed by atoms with Gasteiger partial charge in [0.1, 0.15) is 11.6 Å². The highest BCUT2D eigenvalue weighted by atomic mass is 16.4. The van der Waals surface area contributed by atoms with E-state index in [1.807, 2.05) is 31.3 Å². The number of aryl methyl sites for hydroxylation is 1. The van der Waals surface area contributed by atoms with Crippen LogP contribution in [0.25, 0.3) is 16.9 Å². The second kappa shape index (κ2) is 8.51. The zero-order valence-electron chi connectivity index (χ0n) is 18.8. The molecule has 3 heterocycles. The Bertz CT molecular complexity index is 1340. The lowest BCUT2D eigenvalue weighted by Crippen LogP contribution is -2.30. The van der Waals surface area contributed by atoms with E-state index in [-0.39, 0.29) is 0 Å². The molecule has 168 valence electrons. The molecule has 2 aromatic carbocycles. The van der Waals surface area contributed by atoms with Gasteiger partial charge in [-0.05, 0) is 42.1 Å². The molecular formula is C24H27BN6O2. The van der Waals surface area contributed by atoms with Crippen LogP contribution in [0.15, 0.2) is 48.5 Å². The van der Waals surface area contributed by atoms with E-state index >= 15 is 0 Å². The number of nitrogens with one attached hydrogen (secondary N) is 1. The topological polar surface area (TPSA) is 112 Å². The maximum atomic E-state index is 9.48. The van der Waals surface area contributed by atoms with E-state index in [4.69, 9.17) is 15.7 Å². The first-order chi connectivity index (χ1) is 16.0. The molecule has 1 aliphatic rings. The fraction of sp³-hybridized carbons (Fsp3) is 0.250. The lowest BCUT2D eigenvalue weighted by atomic mass is 9.80. The van der Waals surface area contributed by atoms with Crippen LogP contribution in [-0.4, -0.2) is 45.3 Å². The standard InChI is InChI=1S/C24H27BN6O2/c1-15-11-20-17(13-26)6-4-8-21(20)31(15)24-28-22(19-9-10-30(2)23(19)29-24)27-14-16-5-3-7-18(12-16)25(32)33/h3-8,11-12,32-33H,9-10,13-14,26H2,1-2H3,(H,27,28,29). The van der Waals surface area contributed by atoms with Crippen LogP contribution in [-0.2, 0) is 19.5 Å². The minimum absolute atomic E-state index is 0.466. The molecule has 9 heteroatoms. The number of benzene rings is 2. The molecule has 0 saturated carbocycles. The quantitative estimate of drug-likeness (QED) is 0.335. The van der Waals surface area contributed by atoms with Crippen LogP contribution >= 0.6 is 0 Å². The molecule has 0 spiro atoms. The van der Waals surface area contributed by atoms with E-state index in [9.17, 15) is 10.0 Å². The second-order valence-corrected chi connectivity index (χ2v) is 8.49. The van der Waals surface area contributed by atoms with Gasteiger partial charge in [-0.25, -0.2) is 0 Å². The number of hydrogen-bond donors (Lipinski definition) is 4. The molecule has 0 aliphatic carbocycles. The first kappa shape index (κ1) is 21.5. The van der Waals surface area contributed by atoms with Crippen molar-refractivity contribution in [2.24, 2.45) is 5.73 Å². The fourth-order valence-electron chi connectivity index (χ4n) is 4.56. The van der Waals surface area contributed by atoms with Gasteiger partial charge in [-0.3, -0.25) is 4.57 Å². The molecule has 0 atom stereocenters.